The predicted molar refractivity (Wildman–Crippen MR) is 190 cm³/mol. The van der Waals surface area contributed by atoms with Crippen LogP contribution >= 0.6 is 11.8 Å². The Balaban J connectivity index is 3.11. The summed E-state index contributed by atoms with van der Waals surface area (Å²) in [4.78, 5) is 100. The van der Waals surface area contributed by atoms with E-state index < -0.39 is 103 Å². The Hall–Kier alpha value is -4.75. The Bertz CT molecular complexity index is 1380. The maximum Gasteiger partial charge on any atom is 0.326 e. The monoisotopic (exact) mass is 753 g/mol. The molecule has 0 fully saturated rings. The number of nitrogens with two attached hydrogens (primary N) is 2. The number of aliphatic hydroxyl groups excluding tert-OH is 1. The van der Waals surface area contributed by atoms with E-state index in [4.69, 9.17) is 16.6 Å². The molecule has 0 spiro atoms. The van der Waals surface area contributed by atoms with Gasteiger partial charge in [-0.25, -0.2) is 4.79 Å². The normalized spacial score (nSPS) is 14.4. The topological polar surface area (TPSA) is 309 Å². The fourth-order valence-electron chi connectivity index (χ4n) is 4.81. The van der Waals surface area contributed by atoms with E-state index in [1.165, 1.54) is 11.8 Å². The number of amides is 6. The summed E-state index contributed by atoms with van der Waals surface area (Å²) in [5.74, 6) is -7.64. The van der Waals surface area contributed by atoms with Gasteiger partial charge >= 0.3 is 11.9 Å². The van der Waals surface area contributed by atoms with E-state index in [2.05, 4.69) is 26.6 Å². The van der Waals surface area contributed by atoms with Crippen molar-refractivity contribution in [2.24, 2.45) is 17.4 Å². The molecule has 1 aromatic carbocycles. The first kappa shape index (κ1) is 45.3. The highest BCUT2D eigenvalue weighted by molar-refractivity contribution is 7.98. The lowest BCUT2D eigenvalue weighted by molar-refractivity contribution is -0.143. The third kappa shape index (κ3) is 17.5. The SMILES string of the molecule is CSCC[C@H](NC(=O)[C@H](CCC(N)=O)NC(=O)[C@@H](N)Cc1ccccc1)C(=O)N[C@@H](CO)C(=O)N[C@@H](CC(C)C)C(=O)N[C@@H](CCC(=O)O)C(=O)O. The highest BCUT2D eigenvalue weighted by Gasteiger charge is 2.33. The molecule has 0 saturated heterocycles. The number of nitrogens with one attached hydrogen (secondary N) is 5. The van der Waals surface area contributed by atoms with Crippen LogP contribution in [0.4, 0.5) is 0 Å². The van der Waals surface area contributed by atoms with Gasteiger partial charge in [0.05, 0.1) is 12.6 Å². The summed E-state index contributed by atoms with van der Waals surface area (Å²) >= 11 is 1.35. The van der Waals surface area contributed by atoms with Crippen LogP contribution in [0.25, 0.3) is 0 Å². The molecule has 0 bridgehead atoms. The van der Waals surface area contributed by atoms with Crippen LogP contribution in [0.5, 0.6) is 0 Å². The first-order chi connectivity index (χ1) is 24.5. The molecular formula is C33H51N7O11S. The van der Waals surface area contributed by atoms with Crippen molar-refractivity contribution < 1.29 is 53.7 Å². The van der Waals surface area contributed by atoms with Gasteiger partial charge in [0.15, 0.2) is 0 Å². The number of carboxylic acids is 2. The maximum atomic E-state index is 13.4. The van der Waals surface area contributed by atoms with Crippen LogP contribution in [0, 0.1) is 5.92 Å². The number of carbonyl (C=O) groups excluding carboxylic acids is 6. The van der Waals surface area contributed by atoms with Crippen molar-refractivity contribution in [3.8, 4) is 0 Å². The summed E-state index contributed by atoms with van der Waals surface area (Å²) in [6.45, 7) is 2.53. The zero-order chi connectivity index (χ0) is 39.4. The summed E-state index contributed by atoms with van der Waals surface area (Å²) in [6.07, 6.45) is 0.547. The fourth-order valence-corrected chi connectivity index (χ4v) is 5.28. The van der Waals surface area contributed by atoms with Gasteiger partial charge < -0.3 is 53.4 Å². The number of thioether (sulfide) groups is 1. The van der Waals surface area contributed by atoms with Gasteiger partial charge in [0.2, 0.25) is 35.4 Å². The Morgan fingerprint density at radius 3 is 1.69 bits per heavy atom. The van der Waals surface area contributed by atoms with Gasteiger partial charge in [-0.1, -0.05) is 44.2 Å². The van der Waals surface area contributed by atoms with E-state index in [0.717, 1.165) is 5.56 Å². The molecule has 19 heteroatoms. The molecule has 0 aliphatic rings. The molecule has 0 aliphatic heterocycles. The quantitative estimate of drug-likeness (QED) is 0.0517. The molecule has 0 saturated carbocycles. The third-order valence-electron chi connectivity index (χ3n) is 7.61. The Morgan fingerprint density at radius 2 is 1.17 bits per heavy atom. The molecule has 290 valence electrons. The van der Waals surface area contributed by atoms with E-state index in [9.17, 15) is 48.6 Å². The predicted octanol–water partition coefficient (Wildman–Crippen LogP) is -2.01. The first-order valence-corrected chi connectivity index (χ1v) is 18.0. The molecule has 0 aromatic heterocycles. The second-order valence-corrected chi connectivity index (χ2v) is 13.5. The van der Waals surface area contributed by atoms with Crippen molar-refractivity contribution in [1.29, 1.82) is 0 Å². The van der Waals surface area contributed by atoms with Crippen molar-refractivity contribution >= 4 is 59.1 Å². The van der Waals surface area contributed by atoms with Crippen molar-refractivity contribution in [3.63, 3.8) is 0 Å². The molecule has 0 aliphatic carbocycles. The van der Waals surface area contributed by atoms with Crippen molar-refractivity contribution in [3.05, 3.63) is 35.9 Å². The number of aliphatic carboxylic acids is 2. The number of hydrogen-bond donors (Lipinski definition) is 10. The maximum absolute atomic E-state index is 13.4. The molecule has 18 nitrogen and oxygen atoms in total. The number of primary amides is 1. The summed E-state index contributed by atoms with van der Waals surface area (Å²) in [6, 6.07) is 0.762. The van der Waals surface area contributed by atoms with Crippen LogP contribution in [0.1, 0.15) is 57.9 Å². The van der Waals surface area contributed by atoms with Gasteiger partial charge in [-0.2, -0.15) is 11.8 Å². The number of carboxylic acid groups (broad SMARTS) is 2. The largest absolute Gasteiger partial charge is 0.481 e. The van der Waals surface area contributed by atoms with Gasteiger partial charge in [-0.3, -0.25) is 33.6 Å². The van der Waals surface area contributed by atoms with Gasteiger partial charge in [0.1, 0.15) is 30.2 Å². The smallest absolute Gasteiger partial charge is 0.326 e. The first-order valence-electron chi connectivity index (χ1n) is 16.6. The van der Waals surface area contributed by atoms with Crippen LogP contribution in [-0.4, -0.2) is 118 Å². The Kier molecular flexibility index (Phi) is 20.6. The highest BCUT2D eigenvalue weighted by atomic mass is 32.2. The van der Waals surface area contributed by atoms with Crippen LogP contribution < -0.4 is 38.1 Å². The molecule has 52 heavy (non-hydrogen) atoms. The van der Waals surface area contributed by atoms with Crippen LogP contribution in [0.3, 0.4) is 0 Å². The van der Waals surface area contributed by atoms with Gasteiger partial charge in [-0.15, -0.1) is 0 Å². The van der Waals surface area contributed by atoms with Crippen molar-refractivity contribution in [2.75, 3.05) is 18.6 Å². The minimum Gasteiger partial charge on any atom is -0.481 e. The average molecular weight is 754 g/mol. The van der Waals surface area contributed by atoms with Gasteiger partial charge in [0, 0.05) is 12.8 Å². The van der Waals surface area contributed by atoms with Gasteiger partial charge in [-0.05, 0) is 55.6 Å². The van der Waals surface area contributed by atoms with Crippen LogP contribution in [-0.2, 0) is 44.8 Å². The second-order valence-electron chi connectivity index (χ2n) is 12.5. The van der Waals surface area contributed by atoms with E-state index in [1.54, 1.807) is 50.4 Å². The summed E-state index contributed by atoms with van der Waals surface area (Å²) < 4.78 is 0. The number of aliphatic hydroxyl groups is 1. The Morgan fingerprint density at radius 1 is 0.692 bits per heavy atom. The van der Waals surface area contributed by atoms with Gasteiger partial charge in [0.25, 0.3) is 0 Å². The molecule has 1 rings (SSSR count). The van der Waals surface area contributed by atoms with E-state index >= 15 is 0 Å². The van der Waals surface area contributed by atoms with E-state index in [0.29, 0.717) is 5.75 Å². The van der Waals surface area contributed by atoms with Crippen molar-refractivity contribution in [1.82, 2.24) is 26.6 Å². The summed E-state index contributed by atoms with van der Waals surface area (Å²) in [5, 5.41) is 40.4. The second kappa shape index (κ2) is 23.7. The standard InChI is InChI=1S/C33H51N7O11S/c1-18(2)15-24(31(48)38-23(33(50)51)10-12-27(43)44)39-32(49)25(17-41)40-30(47)22(13-14-52-3)37-29(46)21(9-11-26(35)42)36-28(45)20(34)16-19-7-5-4-6-8-19/h4-8,18,20-25,41H,9-17,34H2,1-3H3,(H2,35,42)(H,36,45)(H,37,46)(H,38,48)(H,39,49)(H,40,47)(H,43,44)(H,50,51)/t20-,21-,22-,23-,24-,25-/m0/s1. The minimum absolute atomic E-state index is 0.0226. The molecule has 0 radical (unpaired) electrons. The molecular weight excluding hydrogens is 702 g/mol. The summed E-state index contributed by atoms with van der Waals surface area (Å²) in [5.41, 5.74) is 12.1. The average Bonchev–Trinajstić information content (AvgIpc) is 3.08. The van der Waals surface area contributed by atoms with E-state index in [1.807, 2.05) is 0 Å². The number of carbonyl (C=O) groups is 8. The number of benzene rings is 1. The van der Waals surface area contributed by atoms with Crippen LogP contribution in [0.15, 0.2) is 30.3 Å². The molecule has 1 aromatic rings. The summed E-state index contributed by atoms with van der Waals surface area (Å²) in [7, 11) is 0. The zero-order valence-corrected chi connectivity index (χ0v) is 30.3. The third-order valence-corrected chi connectivity index (χ3v) is 8.25. The molecule has 0 unspecified atom stereocenters. The lowest BCUT2D eigenvalue weighted by Gasteiger charge is -2.27. The lowest BCUT2D eigenvalue weighted by Crippen LogP contribution is -2.60. The molecule has 6 amide bonds. The molecule has 12 N–H and O–H groups in total. The highest BCUT2D eigenvalue weighted by Crippen LogP contribution is 2.09. The Labute approximate surface area is 306 Å². The zero-order valence-electron chi connectivity index (χ0n) is 29.5. The van der Waals surface area contributed by atoms with Crippen LogP contribution in [0.2, 0.25) is 0 Å². The molecule has 0 heterocycles. The lowest BCUT2D eigenvalue weighted by atomic mass is 10.0. The fraction of sp³-hybridized carbons (Fsp3) is 0.576. The minimum atomic E-state index is -1.62. The number of rotatable bonds is 25. The van der Waals surface area contributed by atoms with E-state index in [-0.39, 0.29) is 38.0 Å². The number of hydrogen-bond acceptors (Lipinski definition) is 11. The van der Waals surface area contributed by atoms with Crippen molar-refractivity contribution in [2.45, 2.75) is 95.0 Å². The molecule has 6 atom stereocenters.